The molecule has 0 saturated heterocycles. The zero-order chi connectivity index (χ0) is 11.7. The van der Waals surface area contributed by atoms with Gasteiger partial charge in [0.1, 0.15) is 5.82 Å². The van der Waals surface area contributed by atoms with Crippen LogP contribution in [0.15, 0.2) is 22.7 Å². The van der Waals surface area contributed by atoms with E-state index in [1.807, 2.05) is 0 Å². The maximum absolute atomic E-state index is 13.3. The van der Waals surface area contributed by atoms with E-state index in [4.69, 9.17) is 0 Å². The molecule has 2 nitrogen and oxygen atoms in total. The number of benzene rings is 1. The maximum Gasteiger partial charge on any atom is 0.254 e. The molecule has 1 aromatic carbocycles. The second-order valence-electron chi connectivity index (χ2n) is 4.23. The van der Waals surface area contributed by atoms with Crippen molar-refractivity contribution < 1.29 is 9.18 Å². The Bertz CT molecular complexity index is 417. The summed E-state index contributed by atoms with van der Waals surface area (Å²) in [7, 11) is 1.76. The van der Waals surface area contributed by atoms with Gasteiger partial charge in [0.25, 0.3) is 5.91 Å². The summed E-state index contributed by atoms with van der Waals surface area (Å²) in [4.78, 5) is 13.7. The first-order valence-electron chi connectivity index (χ1n) is 5.29. The Morgan fingerprint density at radius 1 is 1.56 bits per heavy atom. The molecule has 1 aliphatic rings. The Kier molecular flexibility index (Phi) is 3.28. The van der Waals surface area contributed by atoms with Gasteiger partial charge in [-0.15, -0.1) is 0 Å². The van der Waals surface area contributed by atoms with Crippen molar-refractivity contribution >= 4 is 21.8 Å². The van der Waals surface area contributed by atoms with Crippen molar-refractivity contribution in [2.45, 2.75) is 12.8 Å². The normalized spacial score (nSPS) is 14.9. The first-order valence-corrected chi connectivity index (χ1v) is 6.08. The molecular formula is C12H13BrFNO. The third-order valence-corrected chi connectivity index (χ3v) is 3.56. The number of amides is 1. The van der Waals surface area contributed by atoms with Crippen LogP contribution in [0.3, 0.4) is 0 Å². The molecule has 0 heterocycles. The number of carbonyl (C=O) groups is 1. The first kappa shape index (κ1) is 11.6. The number of hydrogen-bond acceptors (Lipinski definition) is 1. The van der Waals surface area contributed by atoms with Crippen molar-refractivity contribution in [3.05, 3.63) is 34.1 Å². The van der Waals surface area contributed by atoms with Gasteiger partial charge in [-0.2, -0.15) is 0 Å². The van der Waals surface area contributed by atoms with Crippen LogP contribution in [0.5, 0.6) is 0 Å². The van der Waals surface area contributed by atoms with Crippen LogP contribution in [-0.2, 0) is 0 Å². The predicted molar refractivity (Wildman–Crippen MR) is 63.8 cm³/mol. The van der Waals surface area contributed by atoms with Crippen molar-refractivity contribution in [2.24, 2.45) is 5.92 Å². The minimum absolute atomic E-state index is 0.127. The predicted octanol–water partition coefficient (Wildman–Crippen LogP) is 3.07. The fraction of sp³-hybridized carbons (Fsp3) is 0.417. The highest BCUT2D eigenvalue weighted by atomic mass is 79.9. The summed E-state index contributed by atoms with van der Waals surface area (Å²) < 4.78 is 13.5. The quantitative estimate of drug-likeness (QED) is 0.836. The van der Waals surface area contributed by atoms with E-state index in [0.717, 1.165) is 6.54 Å². The summed E-state index contributed by atoms with van der Waals surface area (Å²) in [6.45, 7) is 0.766. The Morgan fingerprint density at radius 3 is 2.88 bits per heavy atom. The Morgan fingerprint density at radius 2 is 2.25 bits per heavy atom. The molecule has 1 amide bonds. The van der Waals surface area contributed by atoms with E-state index in [1.54, 1.807) is 24.1 Å². The second-order valence-corrected chi connectivity index (χ2v) is 5.02. The molecule has 0 atom stereocenters. The molecule has 4 heteroatoms. The van der Waals surface area contributed by atoms with Crippen molar-refractivity contribution in [1.29, 1.82) is 0 Å². The van der Waals surface area contributed by atoms with Gasteiger partial charge in [-0.3, -0.25) is 4.79 Å². The monoisotopic (exact) mass is 285 g/mol. The van der Waals surface area contributed by atoms with E-state index in [9.17, 15) is 9.18 Å². The van der Waals surface area contributed by atoms with Gasteiger partial charge in [-0.25, -0.2) is 4.39 Å². The molecule has 2 rings (SSSR count). The second kappa shape index (κ2) is 4.53. The third-order valence-electron chi connectivity index (χ3n) is 2.76. The molecule has 0 aromatic heterocycles. The molecule has 1 aliphatic carbocycles. The van der Waals surface area contributed by atoms with Gasteiger partial charge in [0.15, 0.2) is 0 Å². The molecule has 0 radical (unpaired) electrons. The number of carbonyl (C=O) groups excluding carboxylic acids is 1. The number of nitrogens with zero attached hydrogens (tertiary/aromatic N) is 1. The highest BCUT2D eigenvalue weighted by Crippen LogP contribution is 2.30. The van der Waals surface area contributed by atoms with E-state index in [1.165, 1.54) is 18.9 Å². The Balaban J connectivity index is 2.15. The van der Waals surface area contributed by atoms with Gasteiger partial charge >= 0.3 is 0 Å². The van der Waals surface area contributed by atoms with Crippen molar-refractivity contribution in [2.75, 3.05) is 13.6 Å². The maximum atomic E-state index is 13.3. The topological polar surface area (TPSA) is 20.3 Å². The fourth-order valence-corrected chi connectivity index (χ4v) is 2.08. The highest BCUT2D eigenvalue weighted by molar-refractivity contribution is 9.10. The van der Waals surface area contributed by atoms with Crippen molar-refractivity contribution in [1.82, 2.24) is 4.90 Å². The lowest BCUT2D eigenvalue weighted by atomic mass is 10.2. The Hall–Kier alpha value is -0.900. The molecule has 1 aromatic rings. The summed E-state index contributed by atoms with van der Waals surface area (Å²) in [5.41, 5.74) is 0.392. The van der Waals surface area contributed by atoms with Crippen LogP contribution >= 0.6 is 15.9 Å². The van der Waals surface area contributed by atoms with Gasteiger partial charge in [0.05, 0.1) is 10.0 Å². The average molecular weight is 286 g/mol. The standard InChI is InChI=1S/C12H13BrFNO/c1-15(7-8-5-6-8)12(16)9-3-2-4-10(14)11(9)13/h2-4,8H,5-7H2,1H3. The summed E-state index contributed by atoms with van der Waals surface area (Å²) >= 11 is 3.11. The summed E-state index contributed by atoms with van der Waals surface area (Å²) in [5.74, 6) is 0.116. The number of hydrogen-bond donors (Lipinski definition) is 0. The highest BCUT2D eigenvalue weighted by Gasteiger charge is 2.26. The molecule has 16 heavy (non-hydrogen) atoms. The van der Waals surface area contributed by atoms with Crippen LogP contribution in [0.4, 0.5) is 4.39 Å². The van der Waals surface area contributed by atoms with E-state index >= 15 is 0 Å². The van der Waals surface area contributed by atoms with E-state index in [0.29, 0.717) is 11.5 Å². The molecule has 0 unspecified atom stereocenters. The lowest BCUT2D eigenvalue weighted by molar-refractivity contribution is 0.0787. The molecule has 1 saturated carbocycles. The summed E-state index contributed by atoms with van der Waals surface area (Å²) in [6.07, 6.45) is 2.39. The SMILES string of the molecule is CN(CC1CC1)C(=O)c1cccc(F)c1Br. The van der Waals surface area contributed by atoms with Crippen LogP contribution in [0.2, 0.25) is 0 Å². The van der Waals surface area contributed by atoms with Crippen LogP contribution in [0.25, 0.3) is 0 Å². The van der Waals surface area contributed by atoms with Gasteiger partial charge in [0, 0.05) is 13.6 Å². The van der Waals surface area contributed by atoms with Gasteiger partial charge < -0.3 is 4.90 Å². The van der Waals surface area contributed by atoms with Gasteiger partial charge in [-0.1, -0.05) is 6.07 Å². The smallest absolute Gasteiger partial charge is 0.254 e. The van der Waals surface area contributed by atoms with E-state index in [2.05, 4.69) is 15.9 Å². The number of halogens is 2. The van der Waals surface area contributed by atoms with Crippen LogP contribution in [-0.4, -0.2) is 24.4 Å². The van der Waals surface area contributed by atoms with Crippen LogP contribution < -0.4 is 0 Å². The molecule has 86 valence electrons. The molecule has 0 bridgehead atoms. The molecule has 0 N–H and O–H groups in total. The molecule has 0 aliphatic heterocycles. The lowest BCUT2D eigenvalue weighted by Gasteiger charge is -2.17. The van der Waals surface area contributed by atoms with Gasteiger partial charge in [-0.05, 0) is 46.8 Å². The minimum atomic E-state index is -0.398. The average Bonchev–Trinajstić information content (AvgIpc) is 3.05. The zero-order valence-electron chi connectivity index (χ0n) is 9.04. The molecule has 0 spiro atoms. The molecule has 1 fully saturated rings. The first-order chi connectivity index (χ1) is 7.59. The van der Waals surface area contributed by atoms with E-state index < -0.39 is 5.82 Å². The Labute approximate surface area is 103 Å². The van der Waals surface area contributed by atoms with Crippen LogP contribution in [0.1, 0.15) is 23.2 Å². The zero-order valence-corrected chi connectivity index (χ0v) is 10.6. The largest absolute Gasteiger partial charge is 0.341 e. The lowest BCUT2D eigenvalue weighted by Crippen LogP contribution is -2.29. The van der Waals surface area contributed by atoms with Crippen molar-refractivity contribution in [3.63, 3.8) is 0 Å². The third kappa shape index (κ3) is 2.43. The van der Waals surface area contributed by atoms with Crippen molar-refractivity contribution in [3.8, 4) is 0 Å². The van der Waals surface area contributed by atoms with Gasteiger partial charge in [0.2, 0.25) is 0 Å². The van der Waals surface area contributed by atoms with Crippen LogP contribution in [0, 0.1) is 11.7 Å². The minimum Gasteiger partial charge on any atom is -0.341 e. The van der Waals surface area contributed by atoms with E-state index in [-0.39, 0.29) is 10.4 Å². The summed E-state index contributed by atoms with van der Waals surface area (Å²) in [5, 5.41) is 0. The summed E-state index contributed by atoms with van der Waals surface area (Å²) in [6, 6.07) is 4.53. The number of rotatable bonds is 3. The fourth-order valence-electron chi connectivity index (χ4n) is 1.65. The molecular weight excluding hydrogens is 273 g/mol.